The van der Waals surface area contributed by atoms with Crippen molar-refractivity contribution in [2.24, 2.45) is 0 Å². The number of nitrogens with one attached hydrogen (secondary N) is 1. The summed E-state index contributed by atoms with van der Waals surface area (Å²) in [6.07, 6.45) is 3.47. The van der Waals surface area contributed by atoms with Crippen molar-refractivity contribution in [2.45, 2.75) is 45.3 Å². The molecule has 1 N–H and O–H groups in total. The van der Waals surface area contributed by atoms with Crippen LogP contribution >= 0.6 is 0 Å². The number of benzene rings is 1. The summed E-state index contributed by atoms with van der Waals surface area (Å²) in [6, 6.07) is 8.18. The van der Waals surface area contributed by atoms with Crippen molar-refractivity contribution in [3.8, 4) is 11.5 Å². The molecule has 1 aromatic carbocycles. The van der Waals surface area contributed by atoms with Gasteiger partial charge in [0.25, 0.3) is 0 Å². The Morgan fingerprint density at radius 3 is 2.50 bits per heavy atom. The molecule has 0 fully saturated rings. The van der Waals surface area contributed by atoms with Crippen molar-refractivity contribution in [1.29, 1.82) is 0 Å². The molecule has 0 spiro atoms. The summed E-state index contributed by atoms with van der Waals surface area (Å²) >= 11 is 0. The van der Waals surface area contributed by atoms with Crippen LogP contribution in [0.4, 0.5) is 0 Å². The maximum atomic E-state index is 6.07. The number of ether oxygens (including phenoxy) is 2. The second-order valence-corrected chi connectivity index (χ2v) is 4.43. The minimum atomic E-state index is 0.196. The number of likely N-dealkylation sites (N-methyl/N-ethyl adjacent to an activating group) is 1. The molecule has 2 unspecified atom stereocenters. The quantitative estimate of drug-likeness (QED) is 0.769. The Hall–Kier alpha value is -1.22. The van der Waals surface area contributed by atoms with Crippen LogP contribution in [0.2, 0.25) is 0 Å². The fourth-order valence-corrected chi connectivity index (χ4v) is 2.13. The highest BCUT2D eigenvalue weighted by atomic mass is 16.5. The Morgan fingerprint density at radius 2 is 1.94 bits per heavy atom. The molecule has 1 aromatic rings. The van der Waals surface area contributed by atoms with Crippen LogP contribution in [-0.2, 0) is 0 Å². The van der Waals surface area contributed by atoms with Gasteiger partial charge < -0.3 is 14.8 Å². The molecule has 0 aliphatic carbocycles. The molecule has 18 heavy (non-hydrogen) atoms. The van der Waals surface area contributed by atoms with Crippen molar-refractivity contribution in [3.63, 3.8) is 0 Å². The lowest BCUT2D eigenvalue weighted by Gasteiger charge is -2.26. The lowest BCUT2D eigenvalue weighted by Crippen LogP contribution is -2.40. The molecule has 0 amide bonds. The van der Waals surface area contributed by atoms with E-state index in [0.717, 1.165) is 30.8 Å². The van der Waals surface area contributed by atoms with E-state index in [9.17, 15) is 0 Å². The third kappa shape index (κ3) is 4.22. The zero-order chi connectivity index (χ0) is 13.4. The van der Waals surface area contributed by atoms with E-state index in [2.05, 4.69) is 19.2 Å². The predicted molar refractivity (Wildman–Crippen MR) is 75.5 cm³/mol. The summed E-state index contributed by atoms with van der Waals surface area (Å²) in [4.78, 5) is 0. The van der Waals surface area contributed by atoms with Crippen LogP contribution in [0.25, 0.3) is 0 Å². The van der Waals surface area contributed by atoms with Gasteiger partial charge in [-0.2, -0.15) is 0 Å². The summed E-state index contributed by atoms with van der Waals surface area (Å²) in [5.74, 6) is 1.71. The Balaban J connectivity index is 2.71. The fourth-order valence-electron chi connectivity index (χ4n) is 2.13. The number of hydrogen-bond donors (Lipinski definition) is 1. The van der Waals surface area contributed by atoms with E-state index in [4.69, 9.17) is 9.47 Å². The first-order valence-corrected chi connectivity index (χ1v) is 6.73. The first kappa shape index (κ1) is 14.8. The molecule has 1 rings (SSSR count). The van der Waals surface area contributed by atoms with Crippen LogP contribution in [0, 0.1) is 0 Å². The van der Waals surface area contributed by atoms with Gasteiger partial charge in [-0.05, 0) is 32.0 Å². The average Bonchev–Trinajstić information content (AvgIpc) is 2.42. The highest BCUT2D eigenvalue weighted by Crippen LogP contribution is 2.22. The van der Waals surface area contributed by atoms with Gasteiger partial charge in [0.05, 0.1) is 7.11 Å². The topological polar surface area (TPSA) is 30.5 Å². The van der Waals surface area contributed by atoms with Crippen LogP contribution in [0.15, 0.2) is 24.3 Å². The van der Waals surface area contributed by atoms with E-state index < -0.39 is 0 Å². The fraction of sp³-hybridized carbons (Fsp3) is 0.600. The molecule has 0 aliphatic rings. The van der Waals surface area contributed by atoms with Gasteiger partial charge in [-0.15, -0.1) is 0 Å². The molecule has 0 radical (unpaired) electrons. The molecule has 3 nitrogen and oxygen atoms in total. The third-order valence-electron chi connectivity index (χ3n) is 3.15. The molecular weight excluding hydrogens is 226 g/mol. The van der Waals surface area contributed by atoms with Crippen LogP contribution < -0.4 is 14.8 Å². The normalized spacial score (nSPS) is 14.0. The summed E-state index contributed by atoms with van der Waals surface area (Å²) in [5, 5.41) is 3.35. The zero-order valence-corrected chi connectivity index (χ0v) is 11.9. The number of methoxy groups -OCH3 is 1. The Kier molecular flexibility index (Phi) is 6.58. The molecule has 0 aromatic heterocycles. The number of hydrogen-bond acceptors (Lipinski definition) is 3. The van der Waals surface area contributed by atoms with Gasteiger partial charge in [0.2, 0.25) is 0 Å². The standard InChI is InChI=1S/C15H25NO2/c1-5-8-14(16-3)15(6-2)18-13-10-7-9-12(11-13)17-4/h7,9-11,14-16H,5-6,8H2,1-4H3. The van der Waals surface area contributed by atoms with Crippen LogP contribution in [0.3, 0.4) is 0 Å². The minimum Gasteiger partial charge on any atom is -0.497 e. The zero-order valence-electron chi connectivity index (χ0n) is 11.9. The minimum absolute atomic E-state index is 0.196. The molecule has 2 atom stereocenters. The van der Waals surface area contributed by atoms with Crippen LogP contribution in [0.1, 0.15) is 33.1 Å². The highest BCUT2D eigenvalue weighted by molar-refractivity contribution is 5.33. The molecule has 0 saturated carbocycles. The monoisotopic (exact) mass is 251 g/mol. The van der Waals surface area contributed by atoms with Gasteiger partial charge >= 0.3 is 0 Å². The first-order valence-electron chi connectivity index (χ1n) is 6.73. The molecule has 0 saturated heterocycles. The van der Waals surface area contributed by atoms with Crippen LogP contribution in [-0.4, -0.2) is 26.3 Å². The predicted octanol–water partition coefficient (Wildman–Crippen LogP) is 3.24. The summed E-state index contributed by atoms with van der Waals surface area (Å²) in [6.45, 7) is 4.35. The van der Waals surface area contributed by atoms with Crippen LogP contribution in [0.5, 0.6) is 11.5 Å². The smallest absolute Gasteiger partial charge is 0.123 e. The molecule has 0 aliphatic heterocycles. The van der Waals surface area contributed by atoms with Gasteiger partial charge in [-0.3, -0.25) is 0 Å². The second kappa shape index (κ2) is 7.98. The van der Waals surface area contributed by atoms with Crippen molar-refractivity contribution in [3.05, 3.63) is 24.3 Å². The molecule has 102 valence electrons. The first-order chi connectivity index (χ1) is 8.74. The van der Waals surface area contributed by atoms with E-state index in [1.54, 1.807) is 7.11 Å². The van der Waals surface area contributed by atoms with E-state index >= 15 is 0 Å². The summed E-state index contributed by atoms with van der Waals surface area (Å²) < 4.78 is 11.3. The molecule has 0 bridgehead atoms. The third-order valence-corrected chi connectivity index (χ3v) is 3.15. The van der Waals surface area contributed by atoms with Crippen molar-refractivity contribution in [1.82, 2.24) is 5.32 Å². The second-order valence-electron chi connectivity index (χ2n) is 4.43. The van der Waals surface area contributed by atoms with Crippen molar-refractivity contribution in [2.75, 3.05) is 14.2 Å². The van der Waals surface area contributed by atoms with Gasteiger partial charge in [-0.25, -0.2) is 0 Å². The maximum Gasteiger partial charge on any atom is 0.123 e. The highest BCUT2D eigenvalue weighted by Gasteiger charge is 2.19. The lowest BCUT2D eigenvalue weighted by molar-refractivity contribution is 0.146. The maximum absolute atomic E-state index is 6.07. The summed E-state index contributed by atoms with van der Waals surface area (Å²) in [7, 11) is 3.67. The molecule has 3 heteroatoms. The molecule has 0 heterocycles. The van der Waals surface area contributed by atoms with Gasteiger partial charge in [0, 0.05) is 12.1 Å². The van der Waals surface area contributed by atoms with E-state index in [1.807, 2.05) is 31.3 Å². The summed E-state index contributed by atoms with van der Waals surface area (Å²) in [5.41, 5.74) is 0. The SMILES string of the molecule is CCCC(NC)C(CC)Oc1cccc(OC)c1. The van der Waals surface area contributed by atoms with Gasteiger partial charge in [0.1, 0.15) is 17.6 Å². The Labute approximate surface area is 110 Å². The Bertz CT molecular complexity index is 341. The largest absolute Gasteiger partial charge is 0.497 e. The van der Waals surface area contributed by atoms with E-state index in [0.29, 0.717) is 6.04 Å². The van der Waals surface area contributed by atoms with E-state index in [-0.39, 0.29) is 6.10 Å². The van der Waals surface area contributed by atoms with Crippen molar-refractivity contribution < 1.29 is 9.47 Å². The molecular formula is C15H25NO2. The van der Waals surface area contributed by atoms with Gasteiger partial charge in [-0.1, -0.05) is 26.3 Å². The Morgan fingerprint density at radius 1 is 1.22 bits per heavy atom. The van der Waals surface area contributed by atoms with E-state index in [1.165, 1.54) is 0 Å². The van der Waals surface area contributed by atoms with Gasteiger partial charge in [0.15, 0.2) is 0 Å². The number of rotatable bonds is 8. The lowest BCUT2D eigenvalue weighted by atomic mass is 10.0. The average molecular weight is 251 g/mol. The van der Waals surface area contributed by atoms with Crippen molar-refractivity contribution >= 4 is 0 Å².